The fraction of sp³-hybridized carbons (Fsp3) is 0.357. The van der Waals surface area contributed by atoms with Crippen molar-refractivity contribution in [3.05, 3.63) is 53.2 Å². The number of halogens is 2. The summed E-state index contributed by atoms with van der Waals surface area (Å²) in [6.07, 6.45) is -0.0940. The number of hydrogen-bond donors (Lipinski definition) is 2. The second-order valence-electron chi connectivity index (χ2n) is 11.4. The first kappa shape index (κ1) is 32.2. The van der Waals surface area contributed by atoms with Gasteiger partial charge < -0.3 is 13.6 Å². The van der Waals surface area contributed by atoms with Gasteiger partial charge in [0, 0.05) is 29.8 Å². The van der Waals surface area contributed by atoms with Gasteiger partial charge in [0.05, 0.1) is 16.9 Å². The van der Waals surface area contributed by atoms with E-state index in [2.05, 4.69) is 24.3 Å². The average Bonchev–Trinajstić information content (AvgIpc) is 3.55. The highest BCUT2D eigenvalue weighted by atomic mass is 32.3. The van der Waals surface area contributed by atoms with Crippen molar-refractivity contribution in [2.45, 2.75) is 62.0 Å². The summed E-state index contributed by atoms with van der Waals surface area (Å²) in [5, 5.41) is 8.37. The van der Waals surface area contributed by atoms with Crippen LogP contribution in [0.1, 0.15) is 60.1 Å². The lowest BCUT2D eigenvalue weighted by Gasteiger charge is -2.29. The summed E-state index contributed by atoms with van der Waals surface area (Å²) in [4.78, 5) is 63.3. The second-order valence-corrected chi connectivity index (χ2v) is 13.9. The van der Waals surface area contributed by atoms with Crippen LogP contribution < -0.4 is 14.8 Å². The van der Waals surface area contributed by atoms with Gasteiger partial charge in [-0.15, -0.1) is 3.89 Å². The molecule has 5 amide bonds. The van der Waals surface area contributed by atoms with E-state index in [1.807, 2.05) is 0 Å². The minimum atomic E-state index is -5.40. The van der Waals surface area contributed by atoms with Crippen molar-refractivity contribution in [2.24, 2.45) is 10.3 Å². The van der Waals surface area contributed by atoms with E-state index in [1.54, 1.807) is 0 Å². The summed E-state index contributed by atoms with van der Waals surface area (Å²) in [6, 6.07) is 5.72. The maximum Gasteiger partial charge on any atom is 0.488 e. The molecule has 0 spiro atoms. The largest absolute Gasteiger partial charge is 0.488 e. The molecule has 3 aliphatic heterocycles. The number of nitrogens with one attached hydrogen (secondary N) is 2. The molecular weight excluding hydrogens is 668 g/mol. The van der Waals surface area contributed by atoms with Crippen LogP contribution in [-0.4, -0.2) is 64.3 Å². The molecule has 1 aromatic heterocycles. The highest BCUT2D eigenvalue weighted by Gasteiger charge is 2.41. The Kier molecular flexibility index (Phi) is 8.07. The Morgan fingerprint density at radius 1 is 1.06 bits per heavy atom. The summed E-state index contributed by atoms with van der Waals surface area (Å²) in [6.45, 7) is 1.47. The van der Waals surface area contributed by atoms with Gasteiger partial charge in [-0.05, 0) is 56.0 Å². The lowest BCUT2D eigenvalue weighted by molar-refractivity contribution is -0.139. The van der Waals surface area contributed by atoms with E-state index in [9.17, 15) is 40.5 Å². The Hall–Kier alpha value is -4.78. The number of fused-ring (bicyclic) bond motifs is 2. The van der Waals surface area contributed by atoms with Gasteiger partial charge in [-0.3, -0.25) is 34.6 Å². The zero-order chi connectivity index (χ0) is 33.8. The normalized spacial score (nSPS) is 23.6. The van der Waals surface area contributed by atoms with Crippen molar-refractivity contribution >= 4 is 61.1 Å². The number of carbonyl (C=O) groups is 5. The molecule has 15 nitrogen and oxygen atoms in total. The monoisotopic (exact) mass is 693 g/mol. The maximum absolute atomic E-state index is 15.6. The first-order valence-electron chi connectivity index (χ1n) is 14.2. The van der Waals surface area contributed by atoms with Crippen LogP contribution >= 0.6 is 0 Å². The number of carbonyl (C=O) groups excluding carboxylic acids is 5. The van der Waals surface area contributed by atoms with Gasteiger partial charge in [0.1, 0.15) is 11.7 Å². The van der Waals surface area contributed by atoms with E-state index in [0.29, 0.717) is 5.56 Å². The lowest BCUT2D eigenvalue weighted by Crippen LogP contribution is -2.52. The quantitative estimate of drug-likeness (QED) is 0.258. The first-order chi connectivity index (χ1) is 22.1. The number of rotatable bonds is 8. The molecule has 0 bridgehead atoms. The molecular formula is C28H25F2N5O10S2. The standard InChI is InChI=1S/C28H25F2N5O10S2/c1-13(34-46(29,41)16-6-5-14-12-35(28(40)18(14)11-16)20-7-8-22(36)31-27(20)39)9-15-10-19(26(38)32-25(15)37)23-17-3-2-4-21(24(17)44-33-23)45-47(30,42)43/h2-6,11,13,15,19-20H,7-10,12H2,1H3,(H,31,36,39)(H,32,37,38). The molecule has 2 N–H and O–H groups in total. The number of benzene rings is 2. The Bertz CT molecular complexity index is 2110. The van der Waals surface area contributed by atoms with Gasteiger partial charge in [0.2, 0.25) is 39.3 Å². The van der Waals surface area contributed by atoms with Crippen LogP contribution in [0.25, 0.3) is 11.0 Å². The molecule has 2 aromatic carbocycles. The van der Waals surface area contributed by atoms with Crippen LogP contribution in [0.5, 0.6) is 5.75 Å². The molecule has 0 radical (unpaired) electrons. The van der Waals surface area contributed by atoms with Gasteiger partial charge in [-0.2, -0.15) is 8.42 Å². The number of piperidine rings is 2. The van der Waals surface area contributed by atoms with E-state index in [4.69, 9.17) is 4.52 Å². The predicted molar refractivity (Wildman–Crippen MR) is 155 cm³/mol. The van der Waals surface area contributed by atoms with Gasteiger partial charge >= 0.3 is 10.5 Å². The summed E-state index contributed by atoms with van der Waals surface area (Å²) in [5.41, 5.74) is 0.293. The molecule has 5 atom stereocenters. The molecule has 5 unspecified atom stereocenters. The zero-order valence-corrected chi connectivity index (χ0v) is 25.9. The van der Waals surface area contributed by atoms with Crippen LogP contribution in [0.2, 0.25) is 0 Å². The van der Waals surface area contributed by atoms with E-state index in [0.717, 1.165) is 12.1 Å². The second kappa shape index (κ2) is 11.8. The third kappa shape index (κ3) is 6.31. The lowest BCUT2D eigenvalue weighted by atomic mass is 9.83. The van der Waals surface area contributed by atoms with Crippen LogP contribution in [0.15, 0.2) is 50.2 Å². The molecule has 47 heavy (non-hydrogen) atoms. The van der Waals surface area contributed by atoms with Crippen LogP contribution in [0, 0.1) is 5.92 Å². The summed E-state index contributed by atoms with van der Waals surface area (Å²) < 4.78 is 77.2. The number of imide groups is 2. The third-order valence-electron chi connectivity index (χ3n) is 8.19. The number of nitrogens with zero attached hydrogens (tertiary/aromatic N) is 3. The molecule has 6 rings (SSSR count). The number of aromatic nitrogens is 1. The molecule has 2 saturated heterocycles. The van der Waals surface area contributed by atoms with Crippen LogP contribution in [0.3, 0.4) is 0 Å². The highest BCUT2D eigenvalue weighted by Crippen LogP contribution is 2.38. The van der Waals surface area contributed by atoms with Crippen molar-refractivity contribution in [2.75, 3.05) is 0 Å². The number of amides is 5. The summed E-state index contributed by atoms with van der Waals surface area (Å²) >= 11 is 0. The minimum absolute atomic E-state index is 0.0183. The van der Waals surface area contributed by atoms with Gasteiger partial charge in [-0.25, -0.2) is 8.57 Å². The Labute approximate surface area is 265 Å². The van der Waals surface area contributed by atoms with Crippen molar-refractivity contribution < 1.29 is 53.1 Å². The van der Waals surface area contributed by atoms with E-state index < -0.39 is 79.8 Å². The summed E-state index contributed by atoms with van der Waals surface area (Å²) in [7, 11) is -9.98. The van der Waals surface area contributed by atoms with E-state index >= 15 is 3.89 Å². The summed E-state index contributed by atoms with van der Waals surface area (Å²) in [5.74, 6) is -5.59. The van der Waals surface area contributed by atoms with Crippen LogP contribution in [-0.2, 0) is 46.3 Å². The zero-order valence-electron chi connectivity index (χ0n) is 24.3. The molecule has 0 aliphatic carbocycles. The number of hydrogen-bond acceptors (Lipinski definition) is 12. The van der Waals surface area contributed by atoms with Gasteiger partial charge in [-0.1, -0.05) is 21.2 Å². The van der Waals surface area contributed by atoms with E-state index in [1.165, 1.54) is 36.1 Å². The SMILES string of the molecule is CC(CC1CC(c2noc3c(OS(=O)(=O)F)cccc23)C(=O)NC1=O)N=S(=O)(F)c1ccc2c(c1)C(=O)N(C1CCC(=O)NC1=O)C2. The average molecular weight is 694 g/mol. The fourth-order valence-corrected chi connectivity index (χ4v) is 7.58. The van der Waals surface area contributed by atoms with Crippen molar-refractivity contribution in [1.29, 1.82) is 0 Å². The van der Waals surface area contributed by atoms with E-state index in [-0.39, 0.29) is 59.4 Å². The third-order valence-corrected chi connectivity index (χ3v) is 10.0. The van der Waals surface area contributed by atoms with Crippen LogP contribution in [0.4, 0.5) is 7.77 Å². The number of para-hydroxylation sites is 1. The molecule has 3 aliphatic rings. The Morgan fingerprint density at radius 3 is 2.55 bits per heavy atom. The Morgan fingerprint density at radius 2 is 1.83 bits per heavy atom. The minimum Gasteiger partial charge on any atom is -0.354 e. The predicted octanol–water partition coefficient (Wildman–Crippen LogP) is 2.12. The molecule has 4 heterocycles. The first-order valence-corrected chi connectivity index (χ1v) is 16.9. The topological polar surface area (TPSA) is 211 Å². The van der Waals surface area contributed by atoms with Gasteiger partial charge in [0.15, 0.2) is 5.75 Å². The molecule has 248 valence electrons. The molecule has 0 saturated carbocycles. The van der Waals surface area contributed by atoms with Gasteiger partial charge in [0.25, 0.3) is 5.91 Å². The van der Waals surface area contributed by atoms with Crippen molar-refractivity contribution in [3.8, 4) is 5.75 Å². The smallest absolute Gasteiger partial charge is 0.354 e. The molecule has 19 heteroatoms. The van der Waals surface area contributed by atoms with Crippen molar-refractivity contribution in [3.63, 3.8) is 0 Å². The molecule has 2 fully saturated rings. The fourth-order valence-electron chi connectivity index (χ4n) is 6.07. The Balaban J connectivity index is 1.19. The highest BCUT2D eigenvalue weighted by molar-refractivity contribution is 7.88. The maximum atomic E-state index is 15.6. The molecule has 3 aromatic rings. The van der Waals surface area contributed by atoms with Crippen molar-refractivity contribution in [1.82, 2.24) is 20.7 Å².